The number of imidazole rings is 1. The molecule has 0 atom stereocenters. The third-order valence-electron chi connectivity index (χ3n) is 2.86. The first kappa shape index (κ1) is 14.5. The van der Waals surface area contributed by atoms with Gasteiger partial charge in [0.25, 0.3) is 0 Å². The zero-order valence-electron chi connectivity index (χ0n) is 12.1. The zero-order chi connectivity index (χ0) is 15.0. The van der Waals surface area contributed by atoms with E-state index in [-0.39, 0.29) is 0 Å². The summed E-state index contributed by atoms with van der Waals surface area (Å²) in [4.78, 5) is 5.68. The number of hydrogen-bond donors (Lipinski definition) is 0. The van der Waals surface area contributed by atoms with Crippen molar-refractivity contribution in [3.05, 3.63) is 46.6 Å². The molecule has 21 heavy (non-hydrogen) atoms. The Morgan fingerprint density at radius 3 is 2.57 bits per heavy atom. The van der Waals surface area contributed by atoms with E-state index in [9.17, 15) is 0 Å². The molecule has 0 bridgehead atoms. The Morgan fingerprint density at radius 1 is 1.19 bits per heavy atom. The van der Waals surface area contributed by atoms with Crippen molar-refractivity contribution in [1.29, 1.82) is 0 Å². The lowest BCUT2D eigenvalue weighted by atomic mass is 10.1. The summed E-state index contributed by atoms with van der Waals surface area (Å²) in [5, 5.41) is 6.14. The molecule has 0 unspecified atom stereocenters. The summed E-state index contributed by atoms with van der Waals surface area (Å²) in [5.74, 6) is 3.34. The van der Waals surface area contributed by atoms with Gasteiger partial charge in [-0.25, -0.2) is 4.98 Å². The van der Waals surface area contributed by atoms with E-state index >= 15 is 0 Å². The van der Waals surface area contributed by atoms with Gasteiger partial charge in [0.15, 0.2) is 4.96 Å². The number of fused-ring (bicyclic) bond motifs is 1. The monoisotopic (exact) mass is 334 g/mol. The van der Waals surface area contributed by atoms with Crippen molar-refractivity contribution in [2.45, 2.75) is 0 Å². The molecular weight excluding hydrogens is 320 g/mol. The summed E-state index contributed by atoms with van der Waals surface area (Å²) in [6.45, 7) is 0. The normalized spacial score (nSPS) is 12.2. The van der Waals surface area contributed by atoms with Crippen LogP contribution >= 0.6 is 33.0 Å². The van der Waals surface area contributed by atoms with E-state index in [4.69, 9.17) is 16.6 Å². The molecule has 0 spiro atoms. The van der Waals surface area contributed by atoms with E-state index in [2.05, 4.69) is 34.3 Å². The molecule has 2 nitrogen and oxygen atoms in total. The first-order chi connectivity index (χ1) is 9.94. The predicted molar refractivity (Wildman–Crippen MR) is 95.8 cm³/mol. The lowest BCUT2D eigenvalue weighted by Crippen LogP contribution is -1.89. The molecule has 0 amide bonds. The van der Waals surface area contributed by atoms with Crippen LogP contribution in [0.15, 0.2) is 35.8 Å². The Morgan fingerprint density at radius 2 is 1.90 bits per heavy atom. The van der Waals surface area contributed by atoms with Gasteiger partial charge < -0.3 is 0 Å². The second-order valence-electron chi connectivity index (χ2n) is 5.44. The highest BCUT2D eigenvalue weighted by molar-refractivity contribution is 8.35. The van der Waals surface area contributed by atoms with Gasteiger partial charge in [0, 0.05) is 22.2 Å². The van der Waals surface area contributed by atoms with Crippen molar-refractivity contribution >= 4 is 37.9 Å². The van der Waals surface area contributed by atoms with E-state index in [0.717, 1.165) is 26.9 Å². The molecule has 108 valence electrons. The summed E-state index contributed by atoms with van der Waals surface area (Å²) < 4.78 is 2.06. The molecule has 0 fully saturated rings. The van der Waals surface area contributed by atoms with Crippen LogP contribution in [0.5, 0.6) is 0 Å². The van der Waals surface area contributed by atoms with Crippen LogP contribution in [0.25, 0.3) is 16.2 Å². The summed E-state index contributed by atoms with van der Waals surface area (Å²) in [6.07, 6.45) is 8.59. The molecule has 0 aliphatic heterocycles. The van der Waals surface area contributed by atoms with Gasteiger partial charge in [0.05, 0.1) is 0 Å². The maximum absolute atomic E-state index is 5.97. The third-order valence-corrected chi connectivity index (χ3v) is 4.58. The van der Waals surface area contributed by atoms with E-state index in [0.29, 0.717) is 0 Å². The van der Waals surface area contributed by atoms with Crippen LogP contribution in [0, 0.1) is 11.2 Å². The number of thiazole rings is 1. The number of nitrogens with zero attached hydrogens (tertiary/aromatic N) is 2. The molecule has 1 aromatic carbocycles. The zero-order valence-corrected chi connectivity index (χ0v) is 14.4. The van der Waals surface area contributed by atoms with Gasteiger partial charge in [-0.3, -0.25) is 4.40 Å². The molecule has 0 radical (unpaired) electrons. The molecule has 5 heteroatoms. The Bertz CT molecular complexity index is 842. The van der Waals surface area contributed by atoms with Crippen LogP contribution in [0.4, 0.5) is 0 Å². The van der Waals surface area contributed by atoms with Crippen molar-refractivity contribution < 1.29 is 0 Å². The quantitative estimate of drug-likeness (QED) is 0.589. The lowest BCUT2D eigenvalue weighted by molar-refractivity contribution is 1.20. The van der Waals surface area contributed by atoms with Crippen molar-refractivity contribution in [1.82, 2.24) is 9.38 Å². The Hall–Kier alpha value is -1.41. The minimum Gasteiger partial charge on any atom is -0.283 e. The van der Waals surface area contributed by atoms with Gasteiger partial charge in [0.2, 0.25) is 0 Å². The van der Waals surface area contributed by atoms with E-state index < -0.39 is 10.0 Å². The average molecular weight is 335 g/mol. The number of benzene rings is 1. The van der Waals surface area contributed by atoms with Gasteiger partial charge in [0.1, 0.15) is 11.4 Å². The number of halogens is 1. The highest BCUT2D eigenvalue weighted by Gasteiger charge is 2.13. The summed E-state index contributed by atoms with van der Waals surface area (Å²) in [5.41, 5.74) is 2.93. The largest absolute Gasteiger partial charge is 0.283 e. The van der Waals surface area contributed by atoms with Gasteiger partial charge in [-0.1, -0.05) is 23.7 Å². The second-order valence-corrected chi connectivity index (χ2v) is 10.6. The van der Waals surface area contributed by atoms with E-state index in [1.165, 1.54) is 0 Å². The smallest absolute Gasteiger partial charge is 0.195 e. The molecular formula is C16H15ClN2S2. The Kier molecular flexibility index (Phi) is 3.75. The molecule has 0 aliphatic rings. The first-order valence-electron chi connectivity index (χ1n) is 6.37. The molecule has 0 N–H and O–H groups in total. The van der Waals surface area contributed by atoms with Crippen LogP contribution in [-0.4, -0.2) is 28.2 Å². The van der Waals surface area contributed by atoms with Crippen molar-refractivity contribution in [2.24, 2.45) is 0 Å². The van der Waals surface area contributed by atoms with Crippen LogP contribution in [0.2, 0.25) is 5.02 Å². The topological polar surface area (TPSA) is 17.3 Å². The van der Waals surface area contributed by atoms with Crippen molar-refractivity contribution in [2.75, 3.05) is 18.8 Å². The van der Waals surface area contributed by atoms with E-state index in [1.54, 1.807) is 11.3 Å². The predicted octanol–water partition coefficient (Wildman–Crippen LogP) is 4.72. The summed E-state index contributed by atoms with van der Waals surface area (Å²) in [6, 6.07) is 7.75. The van der Waals surface area contributed by atoms with Crippen LogP contribution in [0.3, 0.4) is 0 Å². The summed E-state index contributed by atoms with van der Waals surface area (Å²) >= 11 is 7.59. The van der Waals surface area contributed by atoms with Gasteiger partial charge >= 0.3 is 0 Å². The average Bonchev–Trinajstić information content (AvgIpc) is 2.97. The number of aromatic nitrogens is 2. The first-order valence-corrected chi connectivity index (χ1v) is 10.5. The maximum atomic E-state index is 5.97. The van der Waals surface area contributed by atoms with Crippen LogP contribution in [-0.2, 0) is 0 Å². The lowest BCUT2D eigenvalue weighted by Gasteiger charge is -2.14. The molecule has 2 heterocycles. The molecule has 3 aromatic rings. The molecule has 2 aromatic heterocycles. The number of rotatable bonds is 1. The summed E-state index contributed by atoms with van der Waals surface area (Å²) in [7, 11) is -0.878. The van der Waals surface area contributed by atoms with Gasteiger partial charge in [-0.05, 0) is 42.1 Å². The fourth-order valence-electron chi connectivity index (χ4n) is 1.92. The van der Waals surface area contributed by atoms with Gasteiger partial charge in [-0.15, -0.1) is 11.3 Å². The van der Waals surface area contributed by atoms with Crippen molar-refractivity contribution in [3.8, 4) is 22.4 Å². The van der Waals surface area contributed by atoms with Crippen molar-refractivity contribution in [3.63, 3.8) is 0 Å². The van der Waals surface area contributed by atoms with Crippen LogP contribution < -0.4 is 0 Å². The molecule has 3 rings (SSSR count). The maximum Gasteiger partial charge on any atom is 0.195 e. The molecule has 0 saturated carbocycles. The number of hydrogen-bond acceptors (Lipinski definition) is 2. The highest BCUT2D eigenvalue weighted by Crippen LogP contribution is 2.33. The fourth-order valence-corrected chi connectivity index (χ4v) is 3.16. The minimum absolute atomic E-state index is 0.728. The highest BCUT2D eigenvalue weighted by atomic mass is 35.5. The minimum atomic E-state index is -0.878. The Labute approximate surface area is 135 Å². The fraction of sp³-hybridized carbons (Fsp3) is 0.188. The SMILES string of the molecule is CS(C)(C)C#Cc1c(-c2ccc(Cl)cc2)nc2sccn12. The standard InChI is InChI=1S/C16H15ClN2S2/c1-21(2,3)11-8-14-15(12-4-6-13(17)7-5-12)18-16-19(14)9-10-20-16/h4-7,9-10H,1-3H3. The second kappa shape index (κ2) is 5.42. The van der Waals surface area contributed by atoms with E-state index in [1.807, 2.05) is 35.8 Å². The van der Waals surface area contributed by atoms with Gasteiger partial charge in [-0.2, -0.15) is 10.0 Å². The Balaban J connectivity index is 2.20. The third kappa shape index (κ3) is 3.11. The molecule has 0 saturated heterocycles. The van der Waals surface area contributed by atoms with Crippen LogP contribution in [0.1, 0.15) is 5.69 Å². The molecule has 0 aliphatic carbocycles.